The summed E-state index contributed by atoms with van der Waals surface area (Å²) in [7, 11) is 0. The lowest BCUT2D eigenvalue weighted by Crippen LogP contribution is -2.29. The summed E-state index contributed by atoms with van der Waals surface area (Å²) in [6, 6.07) is 0. The Kier molecular flexibility index (Phi) is 36.8. The summed E-state index contributed by atoms with van der Waals surface area (Å²) in [5, 5.41) is 18.2. The Balaban J connectivity index is 4.07. The van der Waals surface area contributed by atoms with E-state index in [1.54, 1.807) is 0 Å². The first-order chi connectivity index (χ1) is 24.8. The zero-order valence-corrected chi connectivity index (χ0v) is 33.8. The van der Waals surface area contributed by atoms with Crippen molar-refractivity contribution < 1.29 is 34.1 Å². The number of esters is 2. The van der Waals surface area contributed by atoms with Crippen LogP contribution < -0.4 is 0 Å². The molecule has 0 aromatic carbocycles. The standard InChI is InChI=1S/C43H83NO7/c1-4-6-8-10-13-22-30-40(31-23-14-11-9-7-5-2)51-43(49)39(3)29-21-16-19-27-35-44(36-37-45)34-26-18-12-15-25-33-42(48)50-38-28-20-17-24-32-41(46)47/h39-40,45H,4-38H2,1-3H3,(H,46,47). The maximum Gasteiger partial charge on any atom is 0.308 e. The van der Waals surface area contributed by atoms with Gasteiger partial charge < -0.3 is 24.6 Å². The first-order valence-electron chi connectivity index (χ1n) is 21.7. The van der Waals surface area contributed by atoms with Crippen LogP contribution in [0.2, 0.25) is 0 Å². The molecule has 0 heterocycles. The second kappa shape index (κ2) is 38.1. The molecule has 8 nitrogen and oxygen atoms in total. The third kappa shape index (κ3) is 35.1. The van der Waals surface area contributed by atoms with Crippen molar-refractivity contribution >= 4 is 17.9 Å². The highest BCUT2D eigenvalue weighted by Crippen LogP contribution is 2.20. The van der Waals surface area contributed by atoms with Crippen LogP contribution in [0.15, 0.2) is 0 Å². The number of carboxylic acids is 1. The van der Waals surface area contributed by atoms with E-state index in [2.05, 4.69) is 18.7 Å². The molecule has 0 saturated carbocycles. The Morgan fingerprint density at radius 1 is 0.549 bits per heavy atom. The maximum atomic E-state index is 13.0. The van der Waals surface area contributed by atoms with Gasteiger partial charge in [-0.1, -0.05) is 136 Å². The SMILES string of the molecule is CCCCCCCCC(CCCCCCCC)OC(=O)C(C)CCCCCCN(CCO)CCCCCCCC(=O)OCCCCCCC(=O)O. The smallest absolute Gasteiger partial charge is 0.308 e. The molecule has 0 fully saturated rings. The van der Waals surface area contributed by atoms with Crippen LogP contribution in [-0.4, -0.2) is 72.0 Å². The molecule has 0 bridgehead atoms. The van der Waals surface area contributed by atoms with Gasteiger partial charge >= 0.3 is 17.9 Å². The van der Waals surface area contributed by atoms with E-state index in [0.29, 0.717) is 26.0 Å². The summed E-state index contributed by atoms with van der Waals surface area (Å²) in [6.45, 7) is 9.88. The van der Waals surface area contributed by atoms with Gasteiger partial charge in [0.15, 0.2) is 0 Å². The van der Waals surface area contributed by atoms with Gasteiger partial charge in [-0.2, -0.15) is 0 Å². The van der Waals surface area contributed by atoms with Crippen LogP contribution in [0.3, 0.4) is 0 Å². The molecule has 1 unspecified atom stereocenters. The van der Waals surface area contributed by atoms with E-state index in [4.69, 9.17) is 14.6 Å². The van der Waals surface area contributed by atoms with E-state index in [0.717, 1.165) is 109 Å². The van der Waals surface area contributed by atoms with Crippen molar-refractivity contribution in [3.63, 3.8) is 0 Å². The van der Waals surface area contributed by atoms with Crippen LogP contribution in [0.1, 0.15) is 213 Å². The van der Waals surface area contributed by atoms with Crippen LogP contribution in [0, 0.1) is 5.92 Å². The minimum Gasteiger partial charge on any atom is -0.481 e. The molecule has 0 aromatic rings. The molecular formula is C43H83NO7. The fraction of sp³-hybridized carbons (Fsp3) is 0.930. The van der Waals surface area contributed by atoms with E-state index in [1.807, 2.05) is 6.92 Å². The molecule has 302 valence electrons. The van der Waals surface area contributed by atoms with Crippen LogP contribution in [-0.2, 0) is 23.9 Å². The third-order valence-corrected chi connectivity index (χ3v) is 10.1. The Morgan fingerprint density at radius 2 is 1.00 bits per heavy atom. The number of ether oxygens (including phenoxy) is 2. The number of aliphatic hydroxyl groups excluding tert-OH is 1. The fourth-order valence-corrected chi connectivity index (χ4v) is 6.71. The molecule has 51 heavy (non-hydrogen) atoms. The number of nitrogens with zero attached hydrogens (tertiary/aromatic N) is 1. The lowest BCUT2D eigenvalue weighted by atomic mass is 10.0. The van der Waals surface area contributed by atoms with Crippen molar-refractivity contribution in [1.29, 1.82) is 0 Å². The Morgan fingerprint density at radius 3 is 1.53 bits per heavy atom. The van der Waals surface area contributed by atoms with Gasteiger partial charge in [0.05, 0.1) is 19.1 Å². The number of hydrogen-bond acceptors (Lipinski definition) is 7. The fourth-order valence-electron chi connectivity index (χ4n) is 6.71. The molecule has 8 heteroatoms. The highest BCUT2D eigenvalue weighted by Gasteiger charge is 2.19. The molecule has 0 amide bonds. The minimum atomic E-state index is -0.756. The zero-order valence-electron chi connectivity index (χ0n) is 33.8. The summed E-state index contributed by atoms with van der Waals surface area (Å²) in [6.07, 6.45) is 31.8. The molecule has 0 aliphatic rings. The van der Waals surface area contributed by atoms with Gasteiger partial charge in [0.1, 0.15) is 6.10 Å². The monoisotopic (exact) mass is 726 g/mol. The molecule has 2 N–H and O–H groups in total. The summed E-state index contributed by atoms with van der Waals surface area (Å²) >= 11 is 0. The molecule has 1 atom stereocenters. The van der Waals surface area contributed by atoms with Crippen molar-refractivity contribution in [3.8, 4) is 0 Å². The summed E-state index contributed by atoms with van der Waals surface area (Å²) in [5.41, 5.74) is 0. The molecule has 0 aliphatic carbocycles. The van der Waals surface area contributed by atoms with Crippen molar-refractivity contribution in [2.75, 3.05) is 32.8 Å². The number of rotatable bonds is 40. The van der Waals surface area contributed by atoms with Gasteiger partial charge in [-0.05, 0) is 77.3 Å². The molecule has 0 saturated heterocycles. The van der Waals surface area contributed by atoms with Crippen molar-refractivity contribution in [2.24, 2.45) is 5.92 Å². The van der Waals surface area contributed by atoms with E-state index in [9.17, 15) is 19.5 Å². The van der Waals surface area contributed by atoms with Crippen LogP contribution >= 0.6 is 0 Å². The number of aliphatic hydroxyl groups is 1. The first-order valence-corrected chi connectivity index (χ1v) is 21.7. The molecule has 0 aromatic heterocycles. The van der Waals surface area contributed by atoms with Crippen LogP contribution in [0.25, 0.3) is 0 Å². The van der Waals surface area contributed by atoms with Crippen molar-refractivity contribution in [1.82, 2.24) is 4.90 Å². The number of hydrogen-bond donors (Lipinski definition) is 2. The molecule has 0 radical (unpaired) electrons. The third-order valence-electron chi connectivity index (χ3n) is 10.1. The van der Waals surface area contributed by atoms with Gasteiger partial charge in [0.25, 0.3) is 0 Å². The average molecular weight is 726 g/mol. The number of carbonyl (C=O) groups excluding carboxylic acids is 2. The number of carbonyl (C=O) groups is 3. The molecular weight excluding hydrogens is 642 g/mol. The van der Waals surface area contributed by atoms with Gasteiger partial charge in [-0.25, -0.2) is 0 Å². The molecule has 0 aliphatic heterocycles. The van der Waals surface area contributed by atoms with E-state index in [1.165, 1.54) is 77.0 Å². The predicted octanol–water partition coefficient (Wildman–Crippen LogP) is 11.2. The lowest BCUT2D eigenvalue weighted by molar-refractivity contribution is -0.154. The second-order valence-electron chi connectivity index (χ2n) is 15.1. The normalized spacial score (nSPS) is 12.1. The number of aliphatic carboxylic acids is 1. The first kappa shape index (κ1) is 49.3. The van der Waals surface area contributed by atoms with Crippen LogP contribution in [0.5, 0.6) is 0 Å². The quantitative estimate of drug-likeness (QED) is 0.0474. The van der Waals surface area contributed by atoms with E-state index in [-0.39, 0.29) is 37.0 Å². The summed E-state index contributed by atoms with van der Waals surface area (Å²) < 4.78 is 11.4. The summed E-state index contributed by atoms with van der Waals surface area (Å²) in [5.74, 6) is -0.917. The van der Waals surface area contributed by atoms with Gasteiger partial charge in [-0.15, -0.1) is 0 Å². The zero-order chi connectivity index (χ0) is 37.6. The Hall–Kier alpha value is -1.67. The van der Waals surface area contributed by atoms with E-state index >= 15 is 0 Å². The largest absolute Gasteiger partial charge is 0.481 e. The molecule has 0 spiro atoms. The van der Waals surface area contributed by atoms with Crippen molar-refractivity contribution in [2.45, 2.75) is 219 Å². The Labute approximate surface area is 314 Å². The predicted molar refractivity (Wildman–Crippen MR) is 211 cm³/mol. The molecule has 0 rings (SSSR count). The highest BCUT2D eigenvalue weighted by atomic mass is 16.5. The Bertz CT molecular complexity index is 776. The number of unbranched alkanes of at least 4 members (excludes halogenated alkanes) is 20. The lowest BCUT2D eigenvalue weighted by Gasteiger charge is -2.21. The van der Waals surface area contributed by atoms with Gasteiger partial charge in [-0.3, -0.25) is 14.4 Å². The van der Waals surface area contributed by atoms with Crippen LogP contribution in [0.4, 0.5) is 0 Å². The maximum absolute atomic E-state index is 13.0. The summed E-state index contributed by atoms with van der Waals surface area (Å²) in [4.78, 5) is 37.8. The van der Waals surface area contributed by atoms with Gasteiger partial charge in [0, 0.05) is 19.4 Å². The van der Waals surface area contributed by atoms with Gasteiger partial charge in [0.2, 0.25) is 0 Å². The average Bonchev–Trinajstić information content (AvgIpc) is 3.11. The topological polar surface area (TPSA) is 113 Å². The second-order valence-corrected chi connectivity index (χ2v) is 15.1. The minimum absolute atomic E-state index is 0.00400. The van der Waals surface area contributed by atoms with Crippen molar-refractivity contribution in [3.05, 3.63) is 0 Å². The number of carboxylic acid groups (broad SMARTS) is 1. The highest BCUT2D eigenvalue weighted by molar-refractivity contribution is 5.72. The van der Waals surface area contributed by atoms with E-state index < -0.39 is 5.97 Å².